The molecular formula is C34H52Si. The van der Waals surface area contributed by atoms with Crippen molar-refractivity contribution in [3.63, 3.8) is 0 Å². The molecular weight excluding hydrogens is 436 g/mol. The van der Waals surface area contributed by atoms with E-state index >= 15 is 0 Å². The minimum atomic E-state index is -1.27. The van der Waals surface area contributed by atoms with Gasteiger partial charge in [0, 0.05) is 0 Å². The summed E-state index contributed by atoms with van der Waals surface area (Å²) in [4.78, 5) is 0. The zero-order valence-corrected chi connectivity index (χ0v) is 24.2. The van der Waals surface area contributed by atoms with Crippen LogP contribution in [0, 0.1) is 11.8 Å². The number of benzene rings is 2. The van der Waals surface area contributed by atoms with Crippen LogP contribution in [0.1, 0.15) is 115 Å². The highest BCUT2D eigenvalue weighted by Crippen LogP contribution is 2.39. The van der Waals surface area contributed by atoms with Crippen molar-refractivity contribution in [2.45, 2.75) is 128 Å². The van der Waals surface area contributed by atoms with E-state index in [0.29, 0.717) is 0 Å². The largest absolute Gasteiger partial charge is 0.0836 e. The average Bonchev–Trinajstić information content (AvgIpc) is 2.91. The first-order valence-corrected chi connectivity index (χ1v) is 18.2. The summed E-state index contributed by atoms with van der Waals surface area (Å²) in [5, 5.41) is 1.69. The van der Waals surface area contributed by atoms with Gasteiger partial charge in [0.05, 0.1) is 8.07 Å². The van der Waals surface area contributed by atoms with Gasteiger partial charge in [0.25, 0.3) is 0 Å². The second-order valence-electron chi connectivity index (χ2n) is 12.4. The Morgan fingerprint density at radius 2 is 1.09 bits per heavy atom. The Morgan fingerprint density at radius 1 is 0.600 bits per heavy atom. The van der Waals surface area contributed by atoms with E-state index in [2.05, 4.69) is 68.9 Å². The fraction of sp³-hybridized carbons (Fsp3) is 0.647. The van der Waals surface area contributed by atoms with Gasteiger partial charge in [-0.25, -0.2) is 0 Å². The molecule has 2 aliphatic rings. The molecule has 0 radical (unpaired) electrons. The third kappa shape index (κ3) is 7.34. The van der Waals surface area contributed by atoms with Crippen molar-refractivity contribution in [1.82, 2.24) is 0 Å². The van der Waals surface area contributed by atoms with Crippen LogP contribution < -0.4 is 5.19 Å². The van der Waals surface area contributed by atoms with Gasteiger partial charge >= 0.3 is 0 Å². The van der Waals surface area contributed by atoms with Crippen molar-refractivity contribution in [3.8, 4) is 11.1 Å². The van der Waals surface area contributed by atoms with Crippen LogP contribution in [0.25, 0.3) is 11.1 Å². The van der Waals surface area contributed by atoms with Crippen LogP contribution in [-0.2, 0) is 0 Å². The molecule has 0 atom stereocenters. The summed E-state index contributed by atoms with van der Waals surface area (Å²) in [7, 11) is -1.27. The first kappa shape index (κ1) is 26.7. The van der Waals surface area contributed by atoms with Gasteiger partial charge in [0.1, 0.15) is 0 Å². The maximum absolute atomic E-state index is 2.65. The first-order valence-electron chi connectivity index (χ1n) is 15.3. The zero-order valence-electron chi connectivity index (χ0n) is 23.2. The van der Waals surface area contributed by atoms with Crippen molar-refractivity contribution >= 4 is 13.3 Å². The van der Waals surface area contributed by atoms with Gasteiger partial charge in [-0.2, -0.15) is 0 Å². The normalized spacial score (nSPS) is 27.1. The van der Waals surface area contributed by atoms with Gasteiger partial charge < -0.3 is 0 Å². The van der Waals surface area contributed by atoms with E-state index in [1.54, 1.807) is 10.8 Å². The van der Waals surface area contributed by atoms with Gasteiger partial charge in [0.15, 0.2) is 0 Å². The molecule has 0 unspecified atom stereocenters. The van der Waals surface area contributed by atoms with Crippen LogP contribution in [0.2, 0.25) is 18.6 Å². The van der Waals surface area contributed by atoms with Crippen molar-refractivity contribution in [2.75, 3.05) is 0 Å². The minimum absolute atomic E-state index is 0.789. The second-order valence-corrected chi connectivity index (χ2v) is 17.1. The molecule has 2 fully saturated rings. The molecule has 1 heterocycles. The molecule has 0 aromatic heterocycles. The Morgan fingerprint density at radius 3 is 1.60 bits per heavy atom. The molecule has 1 heteroatoms. The SMILES string of the molecule is CCCCCC1CCC(c2ccc(-c3ccc([Si]4(C)CCC(CCCCC)CC4)cc3)cc2)CC1. The molecule has 1 saturated heterocycles. The molecule has 2 aromatic rings. The summed E-state index contributed by atoms with van der Waals surface area (Å²) < 4.78 is 0. The highest BCUT2D eigenvalue weighted by Gasteiger charge is 2.34. The molecule has 0 N–H and O–H groups in total. The number of hydrogen-bond donors (Lipinski definition) is 0. The Balaban J connectivity index is 1.29. The molecule has 192 valence electrons. The van der Waals surface area contributed by atoms with E-state index in [1.165, 1.54) is 113 Å². The average molecular weight is 489 g/mol. The van der Waals surface area contributed by atoms with Crippen molar-refractivity contribution in [3.05, 3.63) is 54.1 Å². The molecule has 0 nitrogen and oxygen atoms in total. The summed E-state index contributed by atoms with van der Waals surface area (Å²) >= 11 is 0. The van der Waals surface area contributed by atoms with Crippen LogP contribution in [0.5, 0.6) is 0 Å². The quantitative estimate of drug-likeness (QED) is 0.218. The standard InChI is InChI=1S/C34H52Si/c1-4-6-8-10-28-12-14-30(15-13-28)31-16-18-32(19-17-31)33-20-22-34(23-21-33)35(3)26-24-29(25-27-35)11-9-7-5-2/h16-23,28-30H,4-15,24-27H2,1-3H3. The number of rotatable bonds is 11. The van der Waals surface area contributed by atoms with E-state index in [1.807, 2.05) is 0 Å². The molecule has 1 aliphatic heterocycles. The molecule has 0 amide bonds. The molecule has 0 spiro atoms. The number of hydrogen-bond acceptors (Lipinski definition) is 0. The van der Waals surface area contributed by atoms with Crippen LogP contribution in [0.3, 0.4) is 0 Å². The lowest BCUT2D eigenvalue weighted by Crippen LogP contribution is -2.47. The number of unbranched alkanes of at least 4 members (excludes halogenated alkanes) is 4. The smallest absolute Gasteiger partial charge is 0.0654 e. The fourth-order valence-electron chi connectivity index (χ4n) is 7.06. The maximum atomic E-state index is 2.65. The van der Waals surface area contributed by atoms with Crippen molar-refractivity contribution in [1.29, 1.82) is 0 Å². The molecule has 35 heavy (non-hydrogen) atoms. The topological polar surface area (TPSA) is 0 Å². The van der Waals surface area contributed by atoms with E-state index < -0.39 is 8.07 Å². The first-order chi connectivity index (χ1) is 17.1. The third-order valence-corrected chi connectivity index (χ3v) is 14.3. The van der Waals surface area contributed by atoms with Gasteiger partial charge in [-0.3, -0.25) is 0 Å². The fourth-order valence-corrected chi connectivity index (χ4v) is 10.9. The minimum Gasteiger partial charge on any atom is -0.0654 e. The van der Waals surface area contributed by atoms with Gasteiger partial charge in [-0.15, -0.1) is 0 Å². The van der Waals surface area contributed by atoms with Crippen molar-refractivity contribution < 1.29 is 0 Å². The zero-order chi connectivity index (χ0) is 24.5. The molecule has 1 aliphatic carbocycles. The monoisotopic (exact) mass is 488 g/mol. The Kier molecular flexibility index (Phi) is 10.1. The summed E-state index contributed by atoms with van der Waals surface area (Å²) in [5.41, 5.74) is 4.36. The van der Waals surface area contributed by atoms with E-state index in [0.717, 1.165) is 17.8 Å². The van der Waals surface area contributed by atoms with E-state index in [4.69, 9.17) is 0 Å². The lowest BCUT2D eigenvalue weighted by molar-refractivity contribution is 0.303. The second kappa shape index (κ2) is 13.3. The lowest BCUT2D eigenvalue weighted by Gasteiger charge is -2.36. The van der Waals surface area contributed by atoms with Crippen LogP contribution in [0.4, 0.5) is 0 Å². The van der Waals surface area contributed by atoms with Gasteiger partial charge in [-0.1, -0.05) is 150 Å². The molecule has 0 bridgehead atoms. The van der Waals surface area contributed by atoms with Crippen LogP contribution in [0.15, 0.2) is 48.5 Å². The van der Waals surface area contributed by atoms with E-state index in [9.17, 15) is 0 Å². The summed E-state index contributed by atoms with van der Waals surface area (Å²) in [6.45, 7) is 7.29. The Bertz CT molecular complexity index is 848. The summed E-state index contributed by atoms with van der Waals surface area (Å²) in [6, 6.07) is 22.4. The highest BCUT2D eigenvalue weighted by atomic mass is 28.3. The molecule has 1 saturated carbocycles. The summed E-state index contributed by atoms with van der Waals surface area (Å²) in [6.07, 6.45) is 20.0. The lowest BCUT2D eigenvalue weighted by atomic mass is 9.77. The predicted octanol–water partition coefficient (Wildman–Crippen LogP) is 10.5. The van der Waals surface area contributed by atoms with Gasteiger partial charge in [0.2, 0.25) is 0 Å². The Labute approximate surface area is 218 Å². The van der Waals surface area contributed by atoms with Crippen LogP contribution in [-0.4, -0.2) is 8.07 Å². The predicted molar refractivity (Wildman–Crippen MR) is 158 cm³/mol. The molecule has 2 aromatic carbocycles. The van der Waals surface area contributed by atoms with Crippen molar-refractivity contribution in [2.24, 2.45) is 11.8 Å². The maximum Gasteiger partial charge on any atom is 0.0836 e. The van der Waals surface area contributed by atoms with Crippen LogP contribution >= 0.6 is 0 Å². The summed E-state index contributed by atoms with van der Waals surface area (Å²) in [5.74, 6) is 2.80. The van der Waals surface area contributed by atoms with E-state index in [-0.39, 0.29) is 0 Å². The Hall–Kier alpha value is -1.34. The third-order valence-electron chi connectivity index (χ3n) is 9.78. The molecule has 4 rings (SSSR count). The highest BCUT2D eigenvalue weighted by molar-refractivity contribution is 6.91. The van der Waals surface area contributed by atoms with Gasteiger partial charge in [-0.05, 0) is 60.1 Å².